The molecule has 0 radical (unpaired) electrons. The fourth-order valence-corrected chi connectivity index (χ4v) is 1.09. The van der Waals surface area contributed by atoms with Crippen molar-refractivity contribution in [2.45, 2.75) is 6.54 Å². The SMILES string of the molecule is NCc1ccc(-c2nc(C(=O)O)no2)nc1. The Hall–Kier alpha value is -2.28. The van der Waals surface area contributed by atoms with Gasteiger partial charge in [-0.3, -0.25) is 4.98 Å². The van der Waals surface area contributed by atoms with E-state index in [1.165, 1.54) is 0 Å². The van der Waals surface area contributed by atoms with Crippen molar-refractivity contribution in [3.63, 3.8) is 0 Å². The van der Waals surface area contributed by atoms with Crippen LogP contribution in [0.3, 0.4) is 0 Å². The smallest absolute Gasteiger partial charge is 0.377 e. The van der Waals surface area contributed by atoms with Crippen LogP contribution in [0, 0.1) is 0 Å². The Morgan fingerprint density at radius 2 is 2.31 bits per heavy atom. The van der Waals surface area contributed by atoms with Gasteiger partial charge in [-0.1, -0.05) is 6.07 Å². The van der Waals surface area contributed by atoms with Gasteiger partial charge in [0.2, 0.25) is 0 Å². The molecular weight excluding hydrogens is 212 g/mol. The molecule has 2 heterocycles. The predicted octanol–water partition coefficient (Wildman–Crippen LogP) is 0.288. The van der Waals surface area contributed by atoms with Gasteiger partial charge >= 0.3 is 5.97 Å². The summed E-state index contributed by atoms with van der Waals surface area (Å²) in [5.74, 6) is -1.56. The lowest BCUT2D eigenvalue weighted by atomic mass is 10.2. The van der Waals surface area contributed by atoms with Gasteiger partial charge in [-0.2, -0.15) is 4.98 Å². The van der Waals surface area contributed by atoms with E-state index in [-0.39, 0.29) is 11.7 Å². The number of hydrogen-bond acceptors (Lipinski definition) is 6. The molecule has 0 spiro atoms. The van der Waals surface area contributed by atoms with Crippen molar-refractivity contribution in [3.05, 3.63) is 29.7 Å². The molecule has 82 valence electrons. The van der Waals surface area contributed by atoms with Crippen molar-refractivity contribution in [1.82, 2.24) is 15.1 Å². The lowest BCUT2D eigenvalue weighted by Crippen LogP contribution is -1.99. The van der Waals surface area contributed by atoms with Crippen molar-refractivity contribution in [2.24, 2.45) is 5.73 Å². The zero-order valence-corrected chi connectivity index (χ0v) is 8.12. The number of aromatic carboxylic acids is 1. The summed E-state index contributed by atoms with van der Waals surface area (Å²) in [5, 5.41) is 11.9. The first kappa shape index (κ1) is 10.2. The Morgan fingerprint density at radius 1 is 1.50 bits per heavy atom. The minimum absolute atomic E-state index is 0.0703. The summed E-state index contributed by atoms with van der Waals surface area (Å²) in [5.41, 5.74) is 6.69. The normalized spacial score (nSPS) is 10.3. The van der Waals surface area contributed by atoms with Gasteiger partial charge in [0, 0.05) is 12.7 Å². The molecule has 0 unspecified atom stereocenters. The Balaban J connectivity index is 2.31. The fourth-order valence-electron chi connectivity index (χ4n) is 1.09. The number of nitrogens with two attached hydrogens (primary N) is 1. The average molecular weight is 220 g/mol. The monoisotopic (exact) mass is 220 g/mol. The van der Waals surface area contributed by atoms with Crippen LogP contribution >= 0.6 is 0 Å². The van der Waals surface area contributed by atoms with E-state index in [1.807, 2.05) is 0 Å². The Labute approximate surface area is 89.9 Å². The first-order chi connectivity index (χ1) is 7.70. The maximum atomic E-state index is 10.5. The molecule has 3 N–H and O–H groups in total. The van der Waals surface area contributed by atoms with E-state index >= 15 is 0 Å². The van der Waals surface area contributed by atoms with E-state index in [9.17, 15) is 4.79 Å². The molecule has 0 aliphatic rings. The van der Waals surface area contributed by atoms with Crippen LogP contribution in [0.2, 0.25) is 0 Å². The molecular formula is C9H8N4O3. The quantitative estimate of drug-likeness (QED) is 0.763. The number of nitrogens with zero attached hydrogens (tertiary/aromatic N) is 3. The third-order valence-electron chi connectivity index (χ3n) is 1.90. The standard InChI is InChI=1S/C9H8N4O3/c10-3-5-1-2-6(11-4-5)8-12-7(9(14)15)13-16-8/h1-2,4H,3,10H2,(H,14,15). The summed E-state index contributed by atoms with van der Waals surface area (Å²) in [6.45, 7) is 0.386. The molecule has 0 amide bonds. The van der Waals surface area contributed by atoms with E-state index in [1.54, 1.807) is 18.3 Å². The molecule has 0 aromatic carbocycles. The molecule has 0 atom stereocenters. The average Bonchev–Trinajstić information content (AvgIpc) is 2.78. The first-order valence-electron chi connectivity index (χ1n) is 4.43. The van der Waals surface area contributed by atoms with Crippen LogP contribution < -0.4 is 5.73 Å². The Kier molecular flexibility index (Phi) is 2.61. The molecule has 0 bridgehead atoms. The van der Waals surface area contributed by atoms with Crippen LogP contribution in [0.25, 0.3) is 11.6 Å². The van der Waals surface area contributed by atoms with Gasteiger partial charge in [-0.25, -0.2) is 4.79 Å². The topological polar surface area (TPSA) is 115 Å². The lowest BCUT2D eigenvalue weighted by Gasteiger charge is -1.95. The van der Waals surface area contributed by atoms with Gasteiger partial charge in [-0.05, 0) is 16.8 Å². The van der Waals surface area contributed by atoms with Crippen molar-refractivity contribution >= 4 is 5.97 Å². The molecule has 2 rings (SSSR count). The summed E-state index contributed by atoms with van der Waals surface area (Å²) in [6, 6.07) is 3.40. The maximum absolute atomic E-state index is 10.5. The second kappa shape index (κ2) is 4.07. The molecule has 2 aromatic rings. The van der Waals surface area contributed by atoms with Crippen molar-refractivity contribution < 1.29 is 14.4 Å². The van der Waals surface area contributed by atoms with E-state index < -0.39 is 5.97 Å². The lowest BCUT2D eigenvalue weighted by molar-refractivity contribution is 0.0680. The predicted molar refractivity (Wildman–Crippen MR) is 52.4 cm³/mol. The summed E-state index contributed by atoms with van der Waals surface area (Å²) in [7, 11) is 0. The Morgan fingerprint density at radius 3 is 2.81 bits per heavy atom. The van der Waals surface area contributed by atoms with Crippen molar-refractivity contribution in [3.8, 4) is 11.6 Å². The summed E-state index contributed by atoms with van der Waals surface area (Å²) >= 11 is 0. The molecule has 2 aromatic heterocycles. The van der Waals surface area contributed by atoms with Crippen LogP contribution in [0.5, 0.6) is 0 Å². The maximum Gasteiger partial charge on any atom is 0.377 e. The zero-order valence-electron chi connectivity index (χ0n) is 8.12. The van der Waals surface area contributed by atoms with Crippen LogP contribution in [0.4, 0.5) is 0 Å². The van der Waals surface area contributed by atoms with Gasteiger partial charge in [0.1, 0.15) is 5.69 Å². The second-order valence-corrected chi connectivity index (χ2v) is 2.98. The summed E-state index contributed by atoms with van der Waals surface area (Å²) in [6.07, 6.45) is 1.57. The van der Waals surface area contributed by atoms with E-state index in [4.69, 9.17) is 15.4 Å². The number of carboxylic acid groups (broad SMARTS) is 1. The molecule has 0 aliphatic carbocycles. The highest BCUT2D eigenvalue weighted by Gasteiger charge is 2.14. The van der Waals surface area contributed by atoms with Gasteiger partial charge in [0.25, 0.3) is 11.7 Å². The van der Waals surface area contributed by atoms with Crippen molar-refractivity contribution in [1.29, 1.82) is 0 Å². The van der Waals surface area contributed by atoms with Gasteiger partial charge in [0.15, 0.2) is 0 Å². The zero-order chi connectivity index (χ0) is 11.5. The largest absolute Gasteiger partial charge is 0.475 e. The van der Waals surface area contributed by atoms with Gasteiger partial charge < -0.3 is 15.4 Å². The highest BCUT2D eigenvalue weighted by atomic mass is 16.5. The van der Waals surface area contributed by atoms with E-state index in [0.29, 0.717) is 12.2 Å². The molecule has 0 saturated carbocycles. The summed E-state index contributed by atoms with van der Waals surface area (Å²) < 4.78 is 4.75. The third kappa shape index (κ3) is 1.89. The molecule has 0 saturated heterocycles. The number of aromatic nitrogens is 3. The van der Waals surface area contributed by atoms with Crippen LogP contribution in [0.1, 0.15) is 16.2 Å². The number of carbonyl (C=O) groups is 1. The molecule has 0 fully saturated rings. The fraction of sp³-hybridized carbons (Fsp3) is 0.111. The number of pyridine rings is 1. The van der Waals surface area contributed by atoms with Gasteiger partial charge in [-0.15, -0.1) is 0 Å². The van der Waals surface area contributed by atoms with E-state index in [0.717, 1.165) is 5.56 Å². The van der Waals surface area contributed by atoms with Crippen LogP contribution in [-0.2, 0) is 6.54 Å². The first-order valence-corrected chi connectivity index (χ1v) is 4.43. The van der Waals surface area contributed by atoms with Gasteiger partial charge in [0.05, 0.1) is 0 Å². The van der Waals surface area contributed by atoms with Crippen LogP contribution in [-0.4, -0.2) is 26.2 Å². The molecule has 16 heavy (non-hydrogen) atoms. The molecule has 0 aliphatic heterocycles. The number of hydrogen-bond donors (Lipinski definition) is 2. The third-order valence-corrected chi connectivity index (χ3v) is 1.90. The molecule has 7 nitrogen and oxygen atoms in total. The molecule has 7 heteroatoms. The van der Waals surface area contributed by atoms with Crippen molar-refractivity contribution in [2.75, 3.05) is 0 Å². The highest BCUT2D eigenvalue weighted by molar-refractivity contribution is 5.83. The minimum Gasteiger partial charge on any atom is -0.475 e. The number of carboxylic acids is 1. The van der Waals surface area contributed by atoms with E-state index in [2.05, 4.69) is 15.1 Å². The minimum atomic E-state index is -1.24. The summed E-state index contributed by atoms with van der Waals surface area (Å²) in [4.78, 5) is 18.2. The second-order valence-electron chi connectivity index (χ2n) is 2.98. The highest BCUT2D eigenvalue weighted by Crippen LogP contribution is 2.14. The Bertz CT molecular complexity index is 506. The van der Waals surface area contributed by atoms with Crippen LogP contribution in [0.15, 0.2) is 22.9 Å². The number of rotatable bonds is 3.